The monoisotopic (exact) mass is 207 g/mol. The summed E-state index contributed by atoms with van der Waals surface area (Å²) in [4.78, 5) is 0. The number of hydrogen-bond acceptors (Lipinski definition) is 0. The van der Waals surface area contributed by atoms with E-state index in [1.54, 1.807) is 0 Å². The molecule has 1 aromatic carbocycles. The quantitative estimate of drug-likeness (QED) is 0.680. The van der Waals surface area contributed by atoms with E-state index >= 15 is 0 Å². The van der Waals surface area contributed by atoms with Gasteiger partial charge in [0.25, 0.3) is 0 Å². The second-order valence-corrected chi connectivity index (χ2v) is 4.13. The van der Waals surface area contributed by atoms with E-state index in [0.717, 1.165) is 16.5 Å². The van der Waals surface area contributed by atoms with Crippen LogP contribution in [0.15, 0.2) is 30.9 Å². The molecule has 14 heavy (non-hydrogen) atoms. The molecular weight excluding hydrogens is 192 g/mol. The second-order valence-electron chi connectivity index (χ2n) is 3.75. The van der Waals surface area contributed by atoms with Crippen LogP contribution in [0.2, 0.25) is 5.02 Å². The average Bonchev–Trinajstić information content (AvgIpc) is 2.16. The van der Waals surface area contributed by atoms with Crippen molar-refractivity contribution in [3.63, 3.8) is 0 Å². The van der Waals surface area contributed by atoms with E-state index in [1.165, 1.54) is 5.56 Å². The van der Waals surface area contributed by atoms with E-state index in [4.69, 9.17) is 11.6 Å². The van der Waals surface area contributed by atoms with Gasteiger partial charge in [-0.3, -0.25) is 0 Å². The summed E-state index contributed by atoms with van der Waals surface area (Å²) in [5.41, 5.74) is 2.29. The Morgan fingerprint density at radius 3 is 2.57 bits per heavy atom. The molecular formula is C13H16Cl. The highest BCUT2D eigenvalue weighted by atomic mass is 35.5. The Morgan fingerprint density at radius 2 is 2.07 bits per heavy atom. The van der Waals surface area contributed by atoms with Gasteiger partial charge >= 0.3 is 0 Å². The smallest absolute Gasteiger partial charge is 0.0481 e. The average molecular weight is 208 g/mol. The van der Waals surface area contributed by atoms with Gasteiger partial charge in [0.15, 0.2) is 0 Å². The largest absolute Gasteiger partial charge is 0.102 e. The van der Waals surface area contributed by atoms with Crippen molar-refractivity contribution < 1.29 is 0 Å². The van der Waals surface area contributed by atoms with Gasteiger partial charge in [0.2, 0.25) is 0 Å². The molecule has 0 saturated heterocycles. The zero-order valence-electron chi connectivity index (χ0n) is 8.97. The van der Waals surface area contributed by atoms with E-state index in [1.807, 2.05) is 25.1 Å². The molecule has 0 aliphatic heterocycles. The molecule has 0 atom stereocenters. The fraction of sp³-hybridized carbons (Fsp3) is 0.308. The topological polar surface area (TPSA) is 0 Å². The first-order valence-corrected chi connectivity index (χ1v) is 5.20. The maximum atomic E-state index is 6.31. The van der Waals surface area contributed by atoms with Crippen LogP contribution in [-0.2, 0) is 0 Å². The van der Waals surface area contributed by atoms with E-state index in [0.29, 0.717) is 5.92 Å². The predicted octanol–water partition coefficient (Wildman–Crippen LogP) is 4.59. The highest BCUT2D eigenvalue weighted by Crippen LogP contribution is 2.31. The van der Waals surface area contributed by atoms with E-state index < -0.39 is 0 Å². The van der Waals surface area contributed by atoms with Crippen LogP contribution in [0.5, 0.6) is 0 Å². The van der Waals surface area contributed by atoms with Gasteiger partial charge in [0.1, 0.15) is 0 Å². The van der Waals surface area contributed by atoms with Crippen molar-refractivity contribution in [1.82, 2.24) is 0 Å². The Hall–Kier alpha value is -0.750. The van der Waals surface area contributed by atoms with Crippen molar-refractivity contribution in [1.29, 1.82) is 0 Å². The maximum Gasteiger partial charge on any atom is 0.0481 e. The van der Waals surface area contributed by atoms with Crippen molar-refractivity contribution in [2.75, 3.05) is 0 Å². The molecule has 1 aromatic rings. The van der Waals surface area contributed by atoms with E-state index in [2.05, 4.69) is 26.5 Å². The lowest BCUT2D eigenvalue weighted by Crippen LogP contribution is -1.96. The third-order valence-electron chi connectivity index (χ3n) is 2.38. The Morgan fingerprint density at radius 1 is 1.43 bits per heavy atom. The van der Waals surface area contributed by atoms with Crippen molar-refractivity contribution in [2.45, 2.75) is 26.7 Å². The summed E-state index contributed by atoms with van der Waals surface area (Å²) in [6.45, 7) is 10.1. The molecule has 75 valence electrons. The minimum atomic E-state index is 0.458. The molecule has 0 aromatic heterocycles. The summed E-state index contributed by atoms with van der Waals surface area (Å²) in [5.74, 6) is 1.58. The molecule has 1 heteroatoms. The van der Waals surface area contributed by atoms with E-state index in [-0.39, 0.29) is 0 Å². The lowest BCUT2D eigenvalue weighted by Gasteiger charge is -2.14. The summed E-state index contributed by atoms with van der Waals surface area (Å²) in [5, 5.41) is 0.861. The molecule has 0 fully saturated rings. The van der Waals surface area contributed by atoms with Crippen LogP contribution in [0.1, 0.15) is 37.8 Å². The Balaban J connectivity index is 3.20. The summed E-state index contributed by atoms with van der Waals surface area (Å²) in [7, 11) is 0. The molecule has 0 aliphatic rings. The van der Waals surface area contributed by atoms with Crippen LogP contribution >= 0.6 is 11.6 Å². The summed E-state index contributed by atoms with van der Waals surface area (Å²) in [6, 6.07) is 6.15. The molecule has 1 rings (SSSR count). The zero-order chi connectivity index (χ0) is 10.7. The molecule has 0 heterocycles. The number of hydrogen-bond donors (Lipinski definition) is 0. The molecule has 0 saturated carbocycles. The van der Waals surface area contributed by atoms with Crippen molar-refractivity contribution >= 4 is 11.6 Å². The first-order chi connectivity index (χ1) is 6.57. The molecule has 1 radical (unpaired) electrons. The van der Waals surface area contributed by atoms with Gasteiger partial charge in [-0.15, -0.1) is 6.58 Å². The normalized spacial score (nSPS) is 11.0. The van der Waals surface area contributed by atoms with Crippen molar-refractivity contribution in [3.8, 4) is 0 Å². The van der Waals surface area contributed by atoms with Crippen molar-refractivity contribution in [3.05, 3.63) is 52.9 Å². The SMILES string of the molecule is C=C[C](C)c1cccc(C(C)C)c1Cl. The van der Waals surface area contributed by atoms with Gasteiger partial charge in [-0.25, -0.2) is 0 Å². The molecule has 0 amide bonds. The minimum absolute atomic E-state index is 0.458. The predicted molar refractivity (Wildman–Crippen MR) is 63.8 cm³/mol. The van der Waals surface area contributed by atoms with Gasteiger partial charge in [-0.1, -0.05) is 56.6 Å². The molecule has 0 N–H and O–H groups in total. The number of rotatable bonds is 3. The van der Waals surface area contributed by atoms with Gasteiger partial charge in [0.05, 0.1) is 0 Å². The van der Waals surface area contributed by atoms with Crippen LogP contribution in [0.25, 0.3) is 0 Å². The van der Waals surface area contributed by atoms with Crippen LogP contribution in [0.4, 0.5) is 0 Å². The highest BCUT2D eigenvalue weighted by Gasteiger charge is 2.12. The van der Waals surface area contributed by atoms with Crippen LogP contribution in [0.3, 0.4) is 0 Å². The molecule has 0 spiro atoms. The Bertz CT molecular complexity index is 326. The van der Waals surface area contributed by atoms with Crippen molar-refractivity contribution in [2.24, 2.45) is 0 Å². The van der Waals surface area contributed by atoms with Gasteiger partial charge in [0, 0.05) is 10.9 Å². The van der Waals surface area contributed by atoms with E-state index in [9.17, 15) is 0 Å². The highest BCUT2D eigenvalue weighted by molar-refractivity contribution is 6.32. The van der Waals surface area contributed by atoms with Gasteiger partial charge in [-0.2, -0.15) is 0 Å². The lowest BCUT2D eigenvalue weighted by atomic mass is 9.95. The fourth-order valence-corrected chi connectivity index (χ4v) is 1.90. The third-order valence-corrected chi connectivity index (χ3v) is 2.80. The molecule has 0 unspecified atom stereocenters. The van der Waals surface area contributed by atoms with Crippen LogP contribution in [0, 0.1) is 5.92 Å². The first kappa shape index (κ1) is 11.3. The second kappa shape index (κ2) is 4.65. The Kier molecular flexibility index (Phi) is 3.77. The number of halogens is 1. The fourth-order valence-electron chi connectivity index (χ4n) is 1.41. The number of benzene rings is 1. The molecule has 0 nitrogen and oxygen atoms in total. The van der Waals surface area contributed by atoms with Gasteiger partial charge in [-0.05, 0) is 17.0 Å². The number of allylic oxidation sites excluding steroid dienone is 1. The molecule has 0 bridgehead atoms. The Labute approximate surface area is 91.6 Å². The summed E-state index contributed by atoms with van der Waals surface area (Å²) >= 11 is 6.31. The summed E-state index contributed by atoms with van der Waals surface area (Å²) < 4.78 is 0. The third kappa shape index (κ3) is 2.19. The zero-order valence-corrected chi connectivity index (χ0v) is 9.73. The standard InChI is InChI=1S/C13H16Cl/c1-5-10(4)12-8-6-7-11(9(2)3)13(12)14/h5-9H,1H2,2-4H3. The van der Waals surface area contributed by atoms with Gasteiger partial charge < -0.3 is 0 Å². The summed E-state index contributed by atoms with van der Waals surface area (Å²) in [6.07, 6.45) is 1.84. The maximum absolute atomic E-state index is 6.31. The van der Waals surface area contributed by atoms with Crippen LogP contribution < -0.4 is 0 Å². The lowest BCUT2D eigenvalue weighted by molar-refractivity contribution is 0.864. The van der Waals surface area contributed by atoms with Crippen LogP contribution in [-0.4, -0.2) is 0 Å². The first-order valence-electron chi connectivity index (χ1n) is 4.82. The minimum Gasteiger partial charge on any atom is -0.102 e. The molecule has 0 aliphatic carbocycles.